The summed E-state index contributed by atoms with van der Waals surface area (Å²) in [7, 11) is 0. The van der Waals surface area contributed by atoms with Gasteiger partial charge in [0, 0.05) is 30.4 Å². The van der Waals surface area contributed by atoms with Gasteiger partial charge in [0.25, 0.3) is 5.91 Å². The summed E-state index contributed by atoms with van der Waals surface area (Å²) in [5.74, 6) is -0.423. The Hall–Kier alpha value is -2.87. The second kappa shape index (κ2) is 7.51. The predicted molar refractivity (Wildman–Crippen MR) is 103 cm³/mol. The van der Waals surface area contributed by atoms with Gasteiger partial charge in [-0.15, -0.1) is 0 Å². The number of carbonyl (C=O) groups is 1. The number of carbonyl (C=O) groups excluding carboxylic acids is 1. The number of hydrogen-bond donors (Lipinski definition) is 0. The molecule has 1 aliphatic rings. The van der Waals surface area contributed by atoms with Gasteiger partial charge in [0.05, 0.1) is 19.3 Å². The standard InChI is InChI=1S/C21H20F3N3O2/c1-2-27-12-16(11-25-27)17-5-3-4-14-10-15(6-7-18(14)17)20(28)26-8-9-29-19(13-26)21(22,23)24/h3-7,10-12,19H,2,8-9,13H2,1H3. The summed E-state index contributed by atoms with van der Waals surface area (Å²) in [4.78, 5) is 14.0. The molecule has 2 heterocycles. The molecule has 29 heavy (non-hydrogen) atoms. The highest BCUT2D eigenvalue weighted by Crippen LogP contribution is 2.30. The van der Waals surface area contributed by atoms with Crippen molar-refractivity contribution in [3.8, 4) is 11.1 Å². The first kappa shape index (κ1) is 19.4. The summed E-state index contributed by atoms with van der Waals surface area (Å²) in [6, 6.07) is 11.0. The highest BCUT2D eigenvalue weighted by molar-refractivity contribution is 6.02. The van der Waals surface area contributed by atoms with Gasteiger partial charge < -0.3 is 9.64 Å². The van der Waals surface area contributed by atoms with E-state index in [0.717, 1.165) is 28.4 Å². The molecule has 3 aromatic rings. The summed E-state index contributed by atoms with van der Waals surface area (Å²) in [6.07, 6.45) is -2.68. The number of ether oxygens (including phenoxy) is 1. The molecule has 1 aromatic heterocycles. The Balaban J connectivity index is 1.63. The summed E-state index contributed by atoms with van der Waals surface area (Å²) >= 11 is 0. The summed E-state index contributed by atoms with van der Waals surface area (Å²) in [5, 5.41) is 6.10. The van der Waals surface area contributed by atoms with Crippen molar-refractivity contribution < 1.29 is 22.7 Å². The van der Waals surface area contributed by atoms with E-state index in [4.69, 9.17) is 4.74 Å². The van der Waals surface area contributed by atoms with Gasteiger partial charge in [-0.3, -0.25) is 9.48 Å². The van der Waals surface area contributed by atoms with E-state index in [2.05, 4.69) is 5.10 Å². The van der Waals surface area contributed by atoms with Crippen LogP contribution in [0.15, 0.2) is 48.8 Å². The maximum Gasteiger partial charge on any atom is 0.416 e. The van der Waals surface area contributed by atoms with Crippen LogP contribution in [0.2, 0.25) is 0 Å². The predicted octanol–water partition coefficient (Wildman–Crippen LogP) is 4.13. The lowest BCUT2D eigenvalue weighted by Gasteiger charge is -2.33. The number of amides is 1. The molecular weight excluding hydrogens is 383 g/mol. The number of hydrogen-bond acceptors (Lipinski definition) is 3. The number of morpholine rings is 1. The number of aromatic nitrogens is 2. The molecule has 5 nitrogen and oxygen atoms in total. The van der Waals surface area contributed by atoms with Crippen molar-refractivity contribution in [3.63, 3.8) is 0 Å². The number of rotatable bonds is 3. The minimum Gasteiger partial charge on any atom is -0.365 e. The minimum absolute atomic E-state index is 0.130. The second-order valence-corrected chi connectivity index (χ2v) is 6.98. The van der Waals surface area contributed by atoms with Crippen molar-refractivity contribution in [2.75, 3.05) is 19.7 Å². The Morgan fingerprint density at radius 2 is 2.10 bits per heavy atom. The van der Waals surface area contributed by atoms with Crippen LogP contribution >= 0.6 is 0 Å². The number of nitrogens with zero attached hydrogens (tertiary/aromatic N) is 3. The first-order valence-corrected chi connectivity index (χ1v) is 9.40. The molecule has 1 saturated heterocycles. The van der Waals surface area contributed by atoms with Crippen molar-refractivity contribution in [2.24, 2.45) is 0 Å². The van der Waals surface area contributed by atoms with Crippen LogP contribution in [0, 0.1) is 0 Å². The third-order valence-corrected chi connectivity index (χ3v) is 5.11. The maximum atomic E-state index is 13.0. The molecule has 1 fully saturated rings. The molecule has 0 aliphatic carbocycles. The molecule has 152 valence electrons. The van der Waals surface area contributed by atoms with E-state index in [1.807, 2.05) is 42.1 Å². The van der Waals surface area contributed by atoms with Gasteiger partial charge >= 0.3 is 6.18 Å². The zero-order valence-electron chi connectivity index (χ0n) is 15.8. The Morgan fingerprint density at radius 1 is 1.28 bits per heavy atom. The first-order valence-electron chi connectivity index (χ1n) is 9.40. The average molecular weight is 403 g/mol. The molecule has 0 N–H and O–H groups in total. The van der Waals surface area contributed by atoms with E-state index in [1.165, 1.54) is 4.90 Å². The third kappa shape index (κ3) is 3.85. The van der Waals surface area contributed by atoms with Gasteiger partial charge in [0.1, 0.15) is 0 Å². The molecule has 0 radical (unpaired) electrons. The van der Waals surface area contributed by atoms with Gasteiger partial charge in [-0.2, -0.15) is 18.3 Å². The van der Waals surface area contributed by atoms with Gasteiger partial charge in [-0.05, 0) is 35.4 Å². The summed E-state index contributed by atoms with van der Waals surface area (Å²) < 4.78 is 45.5. The van der Waals surface area contributed by atoms with Crippen LogP contribution in [0.1, 0.15) is 17.3 Å². The molecule has 8 heteroatoms. The number of alkyl halides is 3. The molecular formula is C21H20F3N3O2. The van der Waals surface area contributed by atoms with Gasteiger partial charge in [-0.25, -0.2) is 0 Å². The van der Waals surface area contributed by atoms with Crippen LogP contribution in [0.4, 0.5) is 13.2 Å². The summed E-state index contributed by atoms with van der Waals surface area (Å²) in [5.41, 5.74) is 2.32. The Morgan fingerprint density at radius 3 is 2.83 bits per heavy atom. The Bertz CT molecular complexity index is 1050. The van der Waals surface area contributed by atoms with Crippen LogP contribution in [0.3, 0.4) is 0 Å². The van der Waals surface area contributed by atoms with E-state index in [0.29, 0.717) is 5.56 Å². The number of aryl methyl sites for hydroxylation is 1. The zero-order valence-corrected chi connectivity index (χ0v) is 15.8. The molecule has 2 aromatic carbocycles. The van der Waals surface area contributed by atoms with Crippen molar-refractivity contribution in [1.29, 1.82) is 0 Å². The molecule has 0 bridgehead atoms. The molecule has 4 rings (SSSR count). The fourth-order valence-corrected chi connectivity index (χ4v) is 3.56. The highest BCUT2D eigenvalue weighted by Gasteiger charge is 2.44. The molecule has 0 spiro atoms. The van der Waals surface area contributed by atoms with Crippen LogP contribution < -0.4 is 0 Å². The average Bonchev–Trinajstić information content (AvgIpc) is 3.21. The van der Waals surface area contributed by atoms with Crippen LogP contribution in [0.25, 0.3) is 21.9 Å². The second-order valence-electron chi connectivity index (χ2n) is 6.98. The van der Waals surface area contributed by atoms with Crippen molar-refractivity contribution in [1.82, 2.24) is 14.7 Å². The molecule has 1 aliphatic heterocycles. The monoisotopic (exact) mass is 403 g/mol. The van der Waals surface area contributed by atoms with E-state index >= 15 is 0 Å². The molecule has 1 unspecified atom stereocenters. The Kier molecular flexibility index (Phi) is 5.04. The topological polar surface area (TPSA) is 47.4 Å². The summed E-state index contributed by atoms with van der Waals surface area (Å²) in [6.45, 7) is 2.29. The van der Waals surface area contributed by atoms with Crippen LogP contribution in [-0.4, -0.2) is 52.6 Å². The van der Waals surface area contributed by atoms with Gasteiger partial charge in [0.15, 0.2) is 6.10 Å². The SMILES string of the molecule is CCn1cc(-c2cccc3cc(C(=O)N4CCOC(C(F)(F)F)C4)ccc23)cn1. The highest BCUT2D eigenvalue weighted by atomic mass is 19.4. The van der Waals surface area contributed by atoms with E-state index < -0.39 is 24.7 Å². The quantitative estimate of drug-likeness (QED) is 0.661. The zero-order chi connectivity index (χ0) is 20.6. The smallest absolute Gasteiger partial charge is 0.365 e. The van der Waals surface area contributed by atoms with E-state index in [9.17, 15) is 18.0 Å². The van der Waals surface area contributed by atoms with E-state index in [1.54, 1.807) is 18.3 Å². The number of fused-ring (bicyclic) bond motifs is 1. The van der Waals surface area contributed by atoms with Crippen LogP contribution in [-0.2, 0) is 11.3 Å². The first-order chi connectivity index (χ1) is 13.9. The van der Waals surface area contributed by atoms with E-state index in [-0.39, 0.29) is 13.2 Å². The lowest BCUT2D eigenvalue weighted by Crippen LogP contribution is -2.51. The van der Waals surface area contributed by atoms with Crippen molar-refractivity contribution in [3.05, 3.63) is 54.4 Å². The van der Waals surface area contributed by atoms with Crippen molar-refractivity contribution >= 4 is 16.7 Å². The lowest BCUT2D eigenvalue weighted by molar-refractivity contribution is -0.233. The molecule has 1 atom stereocenters. The lowest BCUT2D eigenvalue weighted by atomic mass is 9.98. The normalized spacial score (nSPS) is 17.7. The Labute approximate surface area is 165 Å². The maximum absolute atomic E-state index is 13.0. The minimum atomic E-state index is -4.49. The largest absolute Gasteiger partial charge is 0.416 e. The van der Waals surface area contributed by atoms with Crippen molar-refractivity contribution in [2.45, 2.75) is 25.7 Å². The fourth-order valence-electron chi connectivity index (χ4n) is 3.56. The van der Waals surface area contributed by atoms with Crippen LogP contribution in [0.5, 0.6) is 0 Å². The fraction of sp³-hybridized carbons (Fsp3) is 0.333. The molecule has 0 saturated carbocycles. The van der Waals surface area contributed by atoms with Gasteiger partial charge in [0.2, 0.25) is 0 Å². The van der Waals surface area contributed by atoms with Gasteiger partial charge in [-0.1, -0.05) is 24.3 Å². The third-order valence-electron chi connectivity index (χ3n) is 5.11. The molecule has 1 amide bonds. The number of halogens is 3. The number of benzene rings is 2.